The van der Waals surface area contributed by atoms with Crippen LogP contribution in [0.4, 0.5) is 14.6 Å². The number of nitrogens with zero attached hydrogens (tertiary/aromatic N) is 5. The van der Waals surface area contributed by atoms with Crippen LogP contribution >= 0.6 is 0 Å². The van der Waals surface area contributed by atoms with Crippen molar-refractivity contribution in [2.75, 3.05) is 38.5 Å². The first kappa shape index (κ1) is 22.2. The Labute approximate surface area is 194 Å². The van der Waals surface area contributed by atoms with Gasteiger partial charge in [0.1, 0.15) is 24.0 Å². The molecule has 1 atom stereocenters. The number of pyridine rings is 1. The van der Waals surface area contributed by atoms with Crippen LogP contribution in [0.1, 0.15) is 28.9 Å². The number of nitrogen functional groups attached to an aromatic ring is 1. The summed E-state index contributed by atoms with van der Waals surface area (Å²) in [6.45, 7) is 3.73. The van der Waals surface area contributed by atoms with E-state index >= 15 is 0 Å². The largest absolute Gasteiger partial charge is 0.384 e. The van der Waals surface area contributed by atoms with Gasteiger partial charge in [-0.15, -0.1) is 0 Å². The highest BCUT2D eigenvalue weighted by Crippen LogP contribution is 2.34. The lowest BCUT2D eigenvalue weighted by Crippen LogP contribution is -2.48. The lowest BCUT2D eigenvalue weighted by Gasteiger charge is -2.38. The van der Waals surface area contributed by atoms with Crippen molar-refractivity contribution in [3.05, 3.63) is 53.4 Å². The summed E-state index contributed by atoms with van der Waals surface area (Å²) in [4.78, 5) is 32.7. The van der Waals surface area contributed by atoms with Gasteiger partial charge in [-0.25, -0.2) is 13.8 Å². The monoisotopic (exact) mass is 470 g/mol. The molecule has 2 aromatic heterocycles. The third-order valence-electron chi connectivity index (χ3n) is 6.26. The van der Waals surface area contributed by atoms with Gasteiger partial charge in [0.05, 0.1) is 29.3 Å². The Hall–Kier alpha value is -3.60. The fourth-order valence-electron chi connectivity index (χ4n) is 4.51. The number of benzene rings is 1. The summed E-state index contributed by atoms with van der Waals surface area (Å²) in [5.74, 6) is -1.89. The number of anilines is 1. The topological polar surface area (TPSA) is 107 Å². The quantitative estimate of drug-likeness (QED) is 0.623. The highest BCUT2D eigenvalue weighted by molar-refractivity contribution is 5.95. The Bertz CT molecular complexity index is 1270. The van der Waals surface area contributed by atoms with Crippen LogP contribution in [0.3, 0.4) is 0 Å². The normalized spacial score (nSPS) is 18.9. The van der Waals surface area contributed by atoms with E-state index in [0.717, 1.165) is 6.07 Å². The molecule has 11 heteroatoms. The van der Waals surface area contributed by atoms with Crippen molar-refractivity contribution in [1.82, 2.24) is 24.6 Å². The number of aromatic nitrogens is 3. The molecule has 2 fully saturated rings. The lowest BCUT2D eigenvalue weighted by atomic mass is 9.93. The van der Waals surface area contributed by atoms with Gasteiger partial charge in [-0.3, -0.25) is 14.3 Å². The minimum Gasteiger partial charge on any atom is -0.384 e. The van der Waals surface area contributed by atoms with Crippen LogP contribution in [0.15, 0.2) is 30.5 Å². The number of amides is 2. The van der Waals surface area contributed by atoms with Crippen molar-refractivity contribution in [3.8, 4) is 0 Å². The fourth-order valence-corrected chi connectivity index (χ4v) is 4.51. The van der Waals surface area contributed by atoms with E-state index in [9.17, 15) is 18.4 Å². The molecule has 2 saturated heterocycles. The van der Waals surface area contributed by atoms with E-state index in [1.807, 2.05) is 6.92 Å². The number of likely N-dealkylation sites (tertiary alicyclic amines) is 1. The second kappa shape index (κ2) is 8.64. The molecule has 178 valence electrons. The number of morpholine rings is 1. The van der Waals surface area contributed by atoms with Gasteiger partial charge >= 0.3 is 0 Å². The number of ether oxygens (including phenoxy) is 1. The number of rotatable bonds is 4. The van der Waals surface area contributed by atoms with Crippen LogP contribution < -0.4 is 5.73 Å². The predicted molar refractivity (Wildman–Crippen MR) is 119 cm³/mol. The molecule has 2 N–H and O–H groups in total. The van der Waals surface area contributed by atoms with Crippen molar-refractivity contribution in [2.24, 2.45) is 0 Å². The van der Waals surface area contributed by atoms with Crippen molar-refractivity contribution < 1.29 is 23.1 Å². The van der Waals surface area contributed by atoms with Gasteiger partial charge in [-0.1, -0.05) is 0 Å². The van der Waals surface area contributed by atoms with E-state index in [2.05, 4.69) is 10.1 Å². The highest BCUT2D eigenvalue weighted by Gasteiger charge is 2.36. The molecule has 1 aromatic carbocycles. The van der Waals surface area contributed by atoms with Crippen LogP contribution in [-0.4, -0.2) is 75.3 Å². The van der Waals surface area contributed by atoms with Gasteiger partial charge in [0.15, 0.2) is 0 Å². The molecule has 3 aromatic rings. The highest BCUT2D eigenvalue weighted by atomic mass is 19.1. The molecule has 0 spiro atoms. The van der Waals surface area contributed by atoms with Crippen molar-refractivity contribution in [2.45, 2.75) is 25.5 Å². The maximum absolute atomic E-state index is 14.8. The molecule has 5 rings (SSSR count). The van der Waals surface area contributed by atoms with Crippen LogP contribution in [0.2, 0.25) is 0 Å². The number of fused-ring (bicyclic) bond motifs is 1. The molecule has 0 bridgehead atoms. The summed E-state index contributed by atoms with van der Waals surface area (Å²) in [5, 5.41) is 4.69. The Morgan fingerprint density at radius 2 is 1.97 bits per heavy atom. The van der Waals surface area contributed by atoms with Crippen LogP contribution in [-0.2, 0) is 16.1 Å². The lowest BCUT2D eigenvalue weighted by molar-refractivity contribution is -0.138. The van der Waals surface area contributed by atoms with Gasteiger partial charge in [-0.05, 0) is 19.1 Å². The Morgan fingerprint density at radius 1 is 1.18 bits per heavy atom. The molecule has 2 aliphatic rings. The van der Waals surface area contributed by atoms with Gasteiger partial charge in [0.2, 0.25) is 5.91 Å². The Morgan fingerprint density at radius 3 is 2.71 bits per heavy atom. The van der Waals surface area contributed by atoms with E-state index in [4.69, 9.17) is 10.5 Å². The SMILES string of the molecule is C[C@H]1CN(C(=O)Cn2nc(C3CN(C(=O)c4ccnc(N)c4)C3)c3c(F)cc(F)cc32)CCO1. The minimum absolute atomic E-state index is 0.0771. The van der Waals surface area contributed by atoms with Crippen LogP contribution in [0.5, 0.6) is 0 Å². The molecule has 2 aliphatic heterocycles. The maximum atomic E-state index is 14.8. The molecule has 2 amide bonds. The smallest absolute Gasteiger partial charge is 0.254 e. The zero-order valence-electron chi connectivity index (χ0n) is 18.6. The first-order chi connectivity index (χ1) is 16.3. The first-order valence-corrected chi connectivity index (χ1v) is 11.1. The second-order valence-corrected chi connectivity index (χ2v) is 8.72. The average Bonchev–Trinajstić information content (AvgIpc) is 3.10. The van der Waals surface area contributed by atoms with E-state index in [-0.39, 0.29) is 47.1 Å². The number of halogens is 2. The molecule has 4 heterocycles. The van der Waals surface area contributed by atoms with Crippen molar-refractivity contribution in [1.29, 1.82) is 0 Å². The van der Waals surface area contributed by atoms with Gasteiger partial charge in [-0.2, -0.15) is 5.10 Å². The summed E-state index contributed by atoms with van der Waals surface area (Å²) < 4.78 is 35.7. The van der Waals surface area contributed by atoms with E-state index in [1.54, 1.807) is 15.9 Å². The summed E-state index contributed by atoms with van der Waals surface area (Å²) in [6.07, 6.45) is 1.39. The molecule has 0 saturated carbocycles. The summed E-state index contributed by atoms with van der Waals surface area (Å²) in [5.41, 5.74) is 6.71. The second-order valence-electron chi connectivity index (χ2n) is 8.72. The van der Waals surface area contributed by atoms with Crippen LogP contribution in [0.25, 0.3) is 10.9 Å². The predicted octanol–water partition coefficient (Wildman–Crippen LogP) is 1.78. The minimum atomic E-state index is -0.745. The van der Waals surface area contributed by atoms with Crippen LogP contribution in [0, 0.1) is 11.6 Å². The zero-order chi connectivity index (χ0) is 24.0. The third-order valence-corrected chi connectivity index (χ3v) is 6.26. The number of nitrogens with two attached hydrogens (primary N) is 1. The fraction of sp³-hybridized carbons (Fsp3) is 0.391. The number of carbonyl (C=O) groups excluding carboxylic acids is 2. The molecular weight excluding hydrogens is 446 g/mol. The third kappa shape index (κ3) is 4.07. The molecule has 0 unspecified atom stereocenters. The maximum Gasteiger partial charge on any atom is 0.254 e. The van der Waals surface area contributed by atoms with E-state index in [0.29, 0.717) is 44.0 Å². The van der Waals surface area contributed by atoms with E-state index < -0.39 is 11.6 Å². The molecular formula is C23H24F2N6O3. The van der Waals surface area contributed by atoms with Crippen molar-refractivity contribution >= 4 is 28.5 Å². The van der Waals surface area contributed by atoms with Gasteiger partial charge in [0, 0.05) is 56.0 Å². The molecule has 9 nitrogen and oxygen atoms in total. The number of hydrogen-bond acceptors (Lipinski definition) is 6. The van der Waals surface area contributed by atoms with Gasteiger partial charge in [0.25, 0.3) is 5.91 Å². The summed E-state index contributed by atoms with van der Waals surface area (Å²) in [7, 11) is 0. The molecule has 0 radical (unpaired) electrons. The number of carbonyl (C=O) groups is 2. The number of hydrogen-bond donors (Lipinski definition) is 1. The summed E-state index contributed by atoms with van der Waals surface area (Å²) in [6, 6.07) is 5.08. The molecule has 0 aliphatic carbocycles. The zero-order valence-corrected chi connectivity index (χ0v) is 18.6. The van der Waals surface area contributed by atoms with Crippen molar-refractivity contribution in [3.63, 3.8) is 0 Å². The first-order valence-electron chi connectivity index (χ1n) is 11.1. The Balaban J connectivity index is 1.39. The Kier molecular flexibility index (Phi) is 5.64. The summed E-state index contributed by atoms with van der Waals surface area (Å²) >= 11 is 0. The van der Waals surface area contributed by atoms with E-state index in [1.165, 1.54) is 23.0 Å². The standard InChI is InChI=1S/C23H24F2N6O3/c1-13-9-29(4-5-34-13)20(32)12-31-18-8-16(24)7-17(25)21(18)22(28-31)15-10-30(11-15)23(33)14-2-3-27-19(26)6-14/h2-3,6-8,13,15H,4-5,9-12H2,1H3,(H2,26,27)/t13-/m0/s1. The average molecular weight is 470 g/mol. The van der Waals surface area contributed by atoms with Gasteiger partial charge < -0.3 is 20.3 Å². The molecule has 34 heavy (non-hydrogen) atoms.